The van der Waals surface area contributed by atoms with Crippen LogP contribution < -0.4 is 16.4 Å². The first-order valence-corrected chi connectivity index (χ1v) is 6.98. The summed E-state index contributed by atoms with van der Waals surface area (Å²) in [5, 5.41) is 5.60. The van der Waals surface area contributed by atoms with Crippen LogP contribution in [0.15, 0.2) is 0 Å². The van der Waals surface area contributed by atoms with Gasteiger partial charge in [0.2, 0.25) is 11.8 Å². The first kappa shape index (κ1) is 13.3. The summed E-state index contributed by atoms with van der Waals surface area (Å²) >= 11 is 0. The van der Waals surface area contributed by atoms with Crippen molar-refractivity contribution in [3.8, 4) is 0 Å². The molecule has 2 saturated carbocycles. The smallest absolute Gasteiger partial charge is 0.239 e. The van der Waals surface area contributed by atoms with Crippen LogP contribution in [0.5, 0.6) is 0 Å². The standard InChI is InChI=1S/C13H23N3O2/c14-7-9-3-1-2-4-11(9)13(18)15-8-12(17)16-10-5-6-10/h9-11H,1-8,14H2,(H,15,18)(H,16,17). The highest BCUT2D eigenvalue weighted by atomic mass is 16.2. The van der Waals surface area contributed by atoms with E-state index < -0.39 is 0 Å². The Hall–Kier alpha value is -1.10. The van der Waals surface area contributed by atoms with E-state index >= 15 is 0 Å². The Morgan fingerprint density at radius 2 is 1.83 bits per heavy atom. The average Bonchev–Trinajstić information content (AvgIpc) is 3.19. The zero-order chi connectivity index (χ0) is 13.0. The minimum Gasteiger partial charge on any atom is -0.352 e. The van der Waals surface area contributed by atoms with Gasteiger partial charge in [-0.05, 0) is 38.1 Å². The summed E-state index contributed by atoms with van der Waals surface area (Å²) in [4.78, 5) is 23.5. The number of carbonyl (C=O) groups is 2. The van der Waals surface area contributed by atoms with E-state index in [-0.39, 0.29) is 30.2 Å². The fraction of sp³-hybridized carbons (Fsp3) is 0.846. The molecule has 2 amide bonds. The Bertz CT molecular complexity index is 315. The molecule has 0 bridgehead atoms. The van der Waals surface area contributed by atoms with E-state index in [1.807, 2.05) is 0 Å². The van der Waals surface area contributed by atoms with Crippen LogP contribution in [0, 0.1) is 11.8 Å². The third-order valence-corrected chi connectivity index (χ3v) is 3.91. The predicted molar refractivity (Wildman–Crippen MR) is 68.7 cm³/mol. The molecule has 2 aliphatic rings. The van der Waals surface area contributed by atoms with E-state index in [1.165, 1.54) is 0 Å². The number of nitrogens with two attached hydrogens (primary N) is 1. The van der Waals surface area contributed by atoms with Crippen molar-refractivity contribution in [1.82, 2.24) is 10.6 Å². The molecule has 5 nitrogen and oxygen atoms in total. The average molecular weight is 253 g/mol. The first-order valence-electron chi connectivity index (χ1n) is 6.98. The van der Waals surface area contributed by atoms with E-state index in [1.54, 1.807) is 0 Å². The lowest BCUT2D eigenvalue weighted by Crippen LogP contribution is -2.43. The molecule has 2 rings (SSSR count). The number of nitrogens with one attached hydrogen (secondary N) is 2. The molecular formula is C13H23N3O2. The van der Waals surface area contributed by atoms with E-state index in [2.05, 4.69) is 10.6 Å². The summed E-state index contributed by atoms with van der Waals surface area (Å²) in [6, 6.07) is 0.348. The van der Waals surface area contributed by atoms with E-state index in [9.17, 15) is 9.59 Å². The van der Waals surface area contributed by atoms with Gasteiger partial charge in [0.05, 0.1) is 6.54 Å². The van der Waals surface area contributed by atoms with Gasteiger partial charge in [-0.1, -0.05) is 12.8 Å². The zero-order valence-electron chi connectivity index (χ0n) is 10.8. The highest BCUT2D eigenvalue weighted by molar-refractivity contribution is 5.86. The Morgan fingerprint density at radius 1 is 1.11 bits per heavy atom. The summed E-state index contributed by atoms with van der Waals surface area (Å²) in [5.74, 6) is 0.199. The van der Waals surface area contributed by atoms with Gasteiger partial charge in [-0.3, -0.25) is 9.59 Å². The second kappa shape index (κ2) is 6.18. The molecule has 102 valence electrons. The van der Waals surface area contributed by atoms with Gasteiger partial charge in [0, 0.05) is 12.0 Å². The molecular weight excluding hydrogens is 230 g/mol. The van der Waals surface area contributed by atoms with Gasteiger partial charge >= 0.3 is 0 Å². The highest BCUT2D eigenvalue weighted by Crippen LogP contribution is 2.29. The van der Waals surface area contributed by atoms with Crippen LogP contribution in [-0.2, 0) is 9.59 Å². The Labute approximate surface area is 108 Å². The Balaban J connectivity index is 1.73. The summed E-state index contributed by atoms with van der Waals surface area (Å²) in [6.45, 7) is 0.662. The van der Waals surface area contributed by atoms with E-state index in [0.717, 1.165) is 38.5 Å². The molecule has 0 aromatic heterocycles. The topological polar surface area (TPSA) is 84.2 Å². The molecule has 2 aliphatic carbocycles. The maximum Gasteiger partial charge on any atom is 0.239 e. The number of hydrogen-bond acceptors (Lipinski definition) is 3. The van der Waals surface area contributed by atoms with Crippen LogP contribution in [0.4, 0.5) is 0 Å². The molecule has 2 atom stereocenters. The number of hydrogen-bond donors (Lipinski definition) is 3. The second-order valence-electron chi connectivity index (χ2n) is 5.45. The third kappa shape index (κ3) is 3.70. The van der Waals surface area contributed by atoms with Crippen molar-refractivity contribution >= 4 is 11.8 Å². The van der Waals surface area contributed by atoms with Gasteiger partial charge in [0.25, 0.3) is 0 Å². The molecule has 0 aliphatic heterocycles. The van der Waals surface area contributed by atoms with Crippen LogP contribution >= 0.6 is 0 Å². The van der Waals surface area contributed by atoms with Crippen molar-refractivity contribution in [2.75, 3.05) is 13.1 Å². The second-order valence-corrected chi connectivity index (χ2v) is 5.45. The van der Waals surface area contributed by atoms with Crippen molar-refractivity contribution < 1.29 is 9.59 Å². The molecule has 0 saturated heterocycles. The van der Waals surface area contributed by atoms with Gasteiger partial charge in [-0.2, -0.15) is 0 Å². The molecule has 0 radical (unpaired) electrons. The minimum atomic E-state index is -0.0778. The van der Waals surface area contributed by atoms with Gasteiger partial charge in [0.15, 0.2) is 0 Å². The lowest BCUT2D eigenvalue weighted by molar-refractivity contribution is -0.130. The maximum absolute atomic E-state index is 12.0. The van der Waals surface area contributed by atoms with Crippen molar-refractivity contribution in [3.63, 3.8) is 0 Å². The van der Waals surface area contributed by atoms with Crippen molar-refractivity contribution in [3.05, 3.63) is 0 Å². The summed E-state index contributed by atoms with van der Waals surface area (Å²) in [6.07, 6.45) is 6.31. The number of amides is 2. The van der Waals surface area contributed by atoms with Crippen molar-refractivity contribution in [1.29, 1.82) is 0 Å². The predicted octanol–water partition coefficient (Wildman–Crippen LogP) is 0.146. The van der Waals surface area contributed by atoms with Crippen molar-refractivity contribution in [2.45, 2.75) is 44.6 Å². The molecule has 0 aromatic carbocycles. The first-order chi connectivity index (χ1) is 8.70. The minimum absolute atomic E-state index is 0.00234. The Morgan fingerprint density at radius 3 is 2.50 bits per heavy atom. The summed E-state index contributed by atoms with van der Waals surface area (Å²) in [5.41, 5.74) is 5.70. The van der Waals surface area contributed by atoms with Gasteiger partial charge < -0.3 is 16.4 Å². The van der Waals surface area contributed by atoms with Crippen molar-refractivity contribution in [2.24, 2.45) is 17.6 Å². The van der Waals surface area contributed by atoms with E-state index in [0.29, 0.717) is 12.6 Å². The Kier molecular flexibility index (Phi) is 4.58. The molecule has 5 heteroatoms. The molecule has 18 heavy (non-hydrogen) atoms. The lowest BCUT2D eigenvalue weighted by Gasteiger charge is -2.29. The number of carbonyl (C=O) groups excluding carboxylic acids is 2. The molecule has 2 unspecified atom stereocenters. The normalized spacial score (nSPS) is 27.6. The molecule has 0 heterocycles. The number of rotatable bonds is 5. The van der Waals surface area contributed by atoms with Gasteiger partial charge in [-0.15, -0.1) is 0 Å². The van der Waals surface area contributed by atoms with Gasteiger partial charge in [-0.25, -0.2) is 0 Å². The molecule has 0 spiro atoms. The fourth-order valence-corrected chi connectivity index (χ4v) is 2.64. The zero-order valence-corrected chi connectivity index (χ0v) is 10.8. The summed E-state index contributed by atoms with van der Waals surface area (Å²) in [7, 11) is 0. The van der Waals surface area contributed by atoms with Crippen LogP contribution in [0.2, 0.25) is 0 Å². The largest absolute Gasteiger partial charge is 0.352 e. The van der Waals surface area contributed by atoms with Crippen LogP contribution in [0.3, 0.4) is 0 Å². The monoisotopic (exact) mass is 253 g/mol. The van der Waals surface area contributed by atoms with Crippen LogP contribution in [-0.4, -0.2) is 30.9 Å². The SMILES string of the molecule is NCC1CCCCC1C(=O)NCC(=O)NC1CC1. The molecule has 0 aromatic rings. The van der Waals surface area contributed by atoms with Crippen LogP contribution in [0.1, 0.15) is 38.5 Å². The summed E-state index contributed by atoms with van der Waals surface area (Å²) < 4.78 is 0. The molecule has 2 fully saturated rings. The maximum atomic E-state index is 12.0. The fourth-order valence-electron chi connectivity index (χ4n) is 2.64. The van der Waals surface area contributed by atoms with Gasteiger partial charge in [0.1, 0.15) is 0 Å². The van der Waals surface area contributed by atoms with Crippen LogP contribution in [0.25, 0.3) is 0 Å². The highest BCUT2D eigenvalue weighted by Gasteiger charge is 2.30. The lowest BCUT2D eigenvalue weighted by atomic mass is 9.79. The molecule has 4 N–H and O–H groups in total. The quantitative estimate of drug-likeness (QED) is 0.652. The third-order valence-electron chi connectivity index (χ3n) is 3.91. The van der Waals surface area contributed by atoms with E-state index in [4.69, 9.17) is 5.73 Å².